The molecule has 0 atom stereocenters. The van der Waals surface area contributed by atoms with Crippen LogP contribution < -0.4 is 11.1 Å². The van der Waals surface area contributed by atoms with E-state index in [1.165, 1.54) is 0 Å². The van der Waals surface area contributed by atoms with Gasteiger partial charge >= 0.3 is 0 Å². The highest BCUT2D eigenvalue weighted by atomic mass is 35.5. The summed E-state index contributed by atoms with van der Waals surface area (Å²) < 4.78 is 0. The Labute approximate surface area is 97.7 Å². The Bertz CT molecular complexity index is 466. The first-order chi connectivity index (χ1) is 7.16. The molecule has 2 aromatic rings. The SMILES string of the molecule is Cc1cc(N)c(Cl)cc1Nc1ccsc1. The van der Waals surface area contributed by atoms with Crippen LogP contribution in [0.5, 0.6) is 0 Å². The van der Waals surface area contributed by atoms with Crippen molar-refractivity contribution in [3.63, 3.8) is 0 Å². The van der Waals surface area contributed by atoms with E-state index in [1.807, 2.05) is 35.9 Å². The summed E-state index contributed by atoms with van der Waals surface area (Å²) in [4.78, 5) is 0. The van der Waals surface area contributed by atoms with Crippen LogP contribution in [0.25, 0.3) is 0 Å². The Morgan fingerprint density at radius 1 is 1.40 bits per heavy atom. The summed E-state index contributed by atoms with van der Waals surface area (Å²) in [6, 6.07) is 5.75. The third kappa shape index (κ3) is 2.25. The lowest BCUT2D eigenvalue weighted by Gasteiger charge is -2.09. The summed E-state index contributed by atoms with van der Waals surface area (Å²) in [6.07, 6.45) is 0. The molecule has 2 nitrogen and oxygen atoms in total. The Morgan fingerprint density at radius 2 is 2.20 bits per heavy atom. The highest BCUT2D eigenvalue weighted by Crippen LogP contribution is 2.29. The molecule has 0 aliphatic rings. The average molecular weight is 239 g/mol. The molecule has 15 heavy (non-hydrogen) atoms. The van der Waals surface area contributed by atoms with Gasteiger partial charge in [0, 0.05) is 16.8 Å². The van der Waals surface area contributed by atoms with Gasteiger partial charge in [0.2, 0.25) is 0 Å². The number of nitrogens with one attached hydrogen (secondary N) is 1. The van der Waals surface area contributed by atoms with Gasteiger partial charge in [-0.1, -0.05) is 11.6 Å². The van der Waals surface area contributed by atoms with Crippen LogP contribution in [0, 0.1) is 6.92 Å². The second-order valence-electron chi connectivity index (χ2n) is 3.33. The van der Waals surface area contributed by atoms with Crippen molar-refractivity contribution in [1.29, 1.82) is 0 Å². The topological polar surface area (TPSA) is 38.0 Å². The van der Waals surface area contributed by atoms with Gasteiger partial charge in [-0.2, -0.15) is 11.3 Å². The fourth-order valence-electron chi connectivity index (χ4n) is 1.33. The van der Waals surface area contributed by atoms with Crippen molar-refractivity contribution in [3.8, 4) is 0 Å². The molecule has 3 N–H and O–H groups in total. The minimum atomic E-state index is 0.582. The predicted molar refractivity (Wildman–Crippen MR) is 68.2 cm³/mol. The number of hydrogen-bond donors (Lipinski definition) is 2. The van der Waals surface area contributed by atoms with Crippen molar-refractivity contribution >= 4 is 40.0 Å². The van der Waals surface area contributed by atoms with Crippen LogP contribution in [-0.4, -0.2) is 0 Å². The molecule has 0 unspecified atom stereocenters. The van der Waals surface area contributed by atoms with Crippen molar-refractivity contribution in [2.24, 2.45) is 0 Å². The Kier molecular flexibility index (Phi) is 2.84. The Balaban J connectivity index is 2.33. The maximum atomic E-state index is 5.96. The van der Waals surface area contributed by atoms with Gasteiger partial charge in [0.25, 0.3) is 0 Å². The Hall–Kier alpha value is -1.19. The maximum absolute atomic E-state index is 5.96. The van der Waals surface area contributed by atoms with E-state index in [4.69, 9.17) is 17.3 Å². The van der Waals surface area contributed by atoms with E-state index in [2.05, 4.69) is 5.32 Å². The van der Waals surface area contributed by atoms with E-state index in [0.29, 0.717) is 10.7 Å². The van der Waals surface area contributed by atoms with Crippen molar-refractivity contribution in [3.05, 3.63) is 39.5 Å². The number of nitrogens with two attached hydrogens (primary N) is 1. The van der Waals surface area contributed by atoms with Gasteiger partial charge < -0.3 is 11.1 Å². The normalized spacial score (nSPS) is 10.3. The third-order valence-electron chi connectivity index (χ3n) is 2.14. The lowest BCUT2D eigenvalue weighted by Crippen LogP contribution is -1.94. The van der Waals surface area contributed by atoms with Gasteiger partial charge in [-0.3, -0.25) is 0 Å². The highest BCUT2D eigenvalue weighted by molar-refractivity contribution is 7.08. The van der Waals surface area contributed by atoms with Crippen molar-refractivity contribution < 1.29 is 0 Å². The molecule has 2 rings (SSSR count). The van der Waals surface area contributed by atoms with Crippen molar-refractivity contribution in [1.82, 2.24) is 0 Å². The number of rotatable bonds is 2. The molecule has 0 amide bonds. The van der Waals surface area contributed by atoms with Crippen LogP contribution in [-0.2, 0) is 0 Å². The zero-order valence-electron chi connectivity index (χ0n) is 8.25. The fourth-order valence-corrected chi connectivity index (χ4v) is 2.08. The summed E-state index contributed by atoms with van der Waals surface area (Å²) in [6.45, 7) is 2.00. The molecular weight excluding hydrogens is 228 g/mol. The number of halogens is 1. The number of thiophene rings is 1. The summed E-state index contributed by atoms with van der Waals surface area (Å²) in [5.41, 5.74) is 9.47. The van der Waals surface area contributed by atoms with E-state index >= 15 is 0 Å². The molecule has 78 valence electrons. The number of benzene rings is 1. The van der Waals surface area contributed by atoms with E-state index in [-0.39, 0.29) is 0 Å². The number of anilines is 3. The Morgan fingerprint density at radius 3 is 2.87 bits per heavy atom. The average Bonchev–Trinajstić information content (AvgIpc) is 2.67. The van der Waals surface area contributed by atoms with Crippen LogP contribution >= 0.6 is 22.9 Å². The summed E-state index contributed by atoms with van der Waals surface area (Å²) in [7, 11) is 0. The standard InChI is InChI=1S/C11H11ClN2S/c1-7-4-10(13)9(12)5-11(7)14-8-2-3-15-6-8/h2-6,14H,13H2,1H3. The molecule has 0 saturated carbocycles. The van der Waals surface area contributed by atoms with Crippen LogP contribution in [0.4, 0.5) is 17.1 Å². The van der Waals surface area contributed by atoms with Crippen LogP contribution in [0.15, 0.2) is 29.0 Å². The molecule has 0 radical (unpaired) electrons. The van der Waals surface area contributed by atoms with Gasteiger partial charge in [-0.15, -0.1) is 0 Å². The van der Waals surface area contributed by atoms with Crippen LogP contribution in [0.1, 0.15) is 5.56 Å². The molecule has 4 heteroatoms. The molecule has 0 bridgehead atoms. The lowest BCUT2D eigenvalue weighted by atomic mass is 10.2. The summed E-state index contributed by atoms with van der Waals surface area (Å²) in [5, 5.41) is 7.94. The largest absolute Gasteiger partial charge is 0.398 e. The fraction of sp³-hybridized carbons (Fsp3) is 0.0909. The van der Waals surface area contributed by atoms with Crippen LogP contribution in [0.3, 0.4) is 0 Å². The molecule has 1 aromatic heterocycles. The maximum Gasteiger partial charge on any atom is 0.0656 e. The van der Waals surface area contributed by atoms with E-state index in [0.717, 1.165) is 16.9 Å². The molecule has 0 fully saturated rings. The first-order valence-electron chi connectivity index (χ1n) is 4.51. The van der Waals surface area contributed by atoms with Crippen molar-refractivity contribution in [2.45, 2.75) is 6.92 Å². The monoisotopic (exact) mass is 238 g/mol. The second-order valence-corrected chi connectivity index (χ2v) is 4.51. The van der Waals surface area contributed by atoms with E-state index < -0.39 is 0 Å². The van der Waals surface area contributed by atoms with Gasteiger partial charge in [-0.05, 0) is 36.1 Å². The molecule has 1 aromatic carbocycles. The van der Waals surface area contributed by atoms with Crippen molar-refractivity contribution in [2.75, 3.05) is 11.1 Å². The minimum Gasteiger partial charge on any atom is -0.398 e. The van der Waals surface area contributed by atoms with Crippen LogP contribution in [0.2, 0.25) is 5.02 Å². The first-order valence-corrected chi connectivity index (χ1v) is 5.84. The molecule has 0 spiro atoms. The zero-order chi connectivity index (χ0) is 10.8. The second kappa shape index (κ2) is 4.13. The van der Waals surface area contributed by atoms with E-state index in [9.17, 15) is 0 Å². The number of hydrogen-bond acceptors (Lipinski definition) is 3. The smallest absolute Gasteiger partial charge is 0.0656 e. The number of nitrogen functional groups attached to an aromatic ring is 1. The molecular formula is C11H11ClN2S. The molecule has 0 aliphatic carbocycles. The number of aryl methyl sites for hydroxylation is 1. The minimum absolute atomic E-state index is 0.582. The molecule has 1 heterocycles. The molecule has 0 aliphatic heterocycles. The molecule has 0 saturated heterocycles. The quantitative estimate of drug-likeness (QED) is 0.775. The zero-order valence-corrected chi connectivity index (χ0v) is 9.82. The summed E-state index contributed by atoms with van der Waals surface area (Å²) >= 11 is 7.62. The third-order valence-corrected chi connectivity index (χ3v) is 3.15. The van der Waals surface area contributed by atoms with Gasteiger partial charge in [0.15, 0.2) is 0 Å². The summed E-state index contributed by atoms with van der Waals surface area (Å²) in [5.74, 6) is 0. The predicted octanol–water partition coefficient (Wildman–Crippen LogP) is 4.04. The van der Waals surface area contributed by atoms with Gasteiger partial charge in [0.1, 0.15) is 0 Å². The van der Waals surface area contributed by atoms with E-state index in [1.54, 1.807) is 11.3 Å². The first kappa shape index (κ1) is 10.3. The highest BCUT2D eigenvalue weighted by Gasteiger charge is 2.03. The van der Waals surface area contributed by atoms with Gasteiger partial charge in [-0.25, -0.2) is 0 Å². The van der Waals surface area contributed by atoms with Gasteiger partial charge in [0.05, 0.1) is 10.7 Å². The lowest BCUT2D eigenvalue weighted by molar-refractivity contribution is 1.44.